The summed E-state index contributed by atoms with van der Waals surface area (Å²) in [5, 5.41) is 7.56. The number of amides is 4. The van der Waals surface area contributed by atoms with Gasteiger partial charge in [-0.05, 0) is 31.6 Å². The minimum atomic E-state index is -0.909. The maximum Gasteiger partial charge on any atom is 0.516 e. The Balaban J connectivity index is 0.000000209. The smallest absolute Gasteiger partial charge is 0.434 e. The van der Waals surface area contributed by atoms with E-state index in [1.807, 2.05) is 37.4 Å². The summed E-state index contributed by atoms with van der Waals surface area (Å²) < 4.78 is 9.39. The zero-order valence-electron chi connectivity index (χ0n) is 26.5. The summed E-state index contributed by atoms with van der Waals surface area (Å²) in [6.07, 6.45) is 6.04. The largest absolute Gasteiger partial charge is 0.516 e. The predicted molar refractivity (Wildman–Crippen MR) is 169 cm³/mol. The van der Waals surface area contributed by atoms with E-state index in [-0.39, 0.29) is 50.0 Å². The minimum Gasteiger partial charge on any atom is -0.434 e. The number of hydroxylamine groups is 2. The van der Waals surface area contributed by atoms with Gasteiger partial charge < -0.3 is 24.9 Å². The Morgan fingerprint density at radius 2 is 1.28 bits per heavy atom. The van der Waals surface area contributed by atoms with Gasteiger partial charge in [0, 0.05) is 84.5 Å². The van der Waals surface area contributed by atoms with Crippen LogP contribution in [0, 0.1) is 17.8 Å². The molecule has 256 valence electrons. The molecule has 6 atom stereocenters. The van der Waals surface area contributed by atoms with Crippen LogP contribution in [0.15, 0.2) is 0 Å². The van der Waals surface area contributed by atoms with Crippen LogP contribution in [0.4, 0.5) is 4.79 Å². The molecule has 0 saturated carbocycles. The van der Waals surface area contributed by atoms with Gasteiger partial charge in [-0.3, -0.25) is 24.0 Å². The highest BCUT2D eigenvalue weighted by atomic mass is 32.2. The van der Waals surface area contributed by atoms with Gasteiger partial charge >= 0.3 is 18.1 Å². The van der Waals surface area contributed by atoms with E-state index in [0.717, 1.165) is 37.2 Å². The van der Waals surface area contributed by atoms with Gasteiger partial charge in [0.15, 0.2) is 0 Å². The summed E-state index contributed by atoms with van der Waals surface area (Å²) in [7, 11) is 0. The lowest BCUT2D eigenvalue weighted by Gasteiger charge is -2.16. The van der Waals surface area contributed by atoms with Crippen molar-refractivity contribution in [2.24, 2.45) is 17.8 Å². The Kier molecular flexibility index (Phi) is 13.6. The van der Waals surface area contributed by atoms with Crippen LogP contribution < -0.4 is 10.6 Å². The number of nitrogens with one attached hydrogen (secondary N) is 2. The first kappa shape index (κ1) is 36.0. The third-order valence-electron chi connectivity index (χ3n) is 8.67. The Hall–Kier alpha value is -2.81. The van der Waals surface area contributed by atoms with Crippen LogP contribution in [0.25, 0.3) is 0 Å². The molecule has 0 bridgehead atoms. The second kappa shape index (κ2) is 17.4. The van der Waals surface area contributed by atoms with Crippen molar-refractivity contribution in [1.82, 2.24) is 15.7 Å². The molecule has 5 rings (SSSR count). The number of imide groups is 1. The first-order valence-electron chi connectivity index (χ1n) is 16.3. The van der Waals surface area contributed by atoms with Crippen LogP contribution in [0.1, 0.15) is 90.9 Å². The van der Waals surface area contributed by atoms with Crippen molar-refractivity contribution < 1.29 is 47.9 Å². The fourth-order valence-corrected chi connectivity index (χ4v) is 9.61. The Labute approximate surface area is 277 Å². The van der Waals surface area contributed by atoms with Gasteiger partial charge in [0.25, 0.3) is 11.8 Å². The van der Waals surface area contributed by atoms with E-state index in [1.54, 1.807) is 0 Å². The quantitative estimate of drug-likeness (QED) is 0.126. The van der Waals surface area contributed by atoms with Crippen molar-refractivity contribution in [2.45, 2.75) is 113 Å². The summed E-state index contributed by atoms with van der Waals surface area (Å²) in [5.74, 6) is 1.37. The molecule has 5 saturated heterocycles. The lowest BCUT2D eigenvalue weighted by atomic mass is 9.94. The highest BCUT2D eigenvalue weighted by Gasteiger charge is 2.43. The SMILES string of the molecule is CC(C)COC(=O)OC(=O)CCCC[C@@H]1SC[C@@H]2NC(=O)C[C@@H]21.O=C1C[C@H]2[C@H](CS[C@H]2CCCCC(=O)ON2C(=O)CCC2=O)N1. The number of rotatable bonds is 13. The lowest BCUT2D eigenvalue weighted by molar-refractivity contribution is -0.197. The molecule has 0 aromatic rings. The molecule has 5 aliphatic rings. The monoisotopic (exact) mass is 683 g/mol. The second-order valence-corrected chi connectivity index (χ2v) is 15.3. The summed E-state index contributed by atoms with van der Waals surface area (Å²) in [6.45, 7) is 4.07. The highest BCUT2D eigenvalue weighted by molar-refractivity contribution is 8.00. The number of nitrogens with zero attached hydrogens (tertiary/aromatic N) is 1. The molecule has 5 aliphatic heterocycles. The molecule has 0 aromatic carbocycles. The van der Waals surface area contributed by atoms with Crippen LogP contribution in [-0.2, 0) is 43.1 Å². The molecule has 46 heavy (non-hydrogen) atoms. The standard InChI is InChI=1S/C16H25NO5S.C15H20N2O5S/c1-10(2)8-21-16(20)22-15(19)6-4-3-5-13-11-7-14(18)17-12(11)9-23-13;18-12-7-9-10(16-12)8-23-11(9)3-1-2-4-15(21)22-17-13(19)5-6-14(17)20/h10-13H,3-9H2,1-2H3,(H,17,18);9-11H,1-8H2,(H,16,18)/t11-,12-,13-;9-,10-,11-/m00/s1. The van der Waals surface area contributed by atoms with E-state index in [0.29, 0.717) is 65.2 Å². The zero-order chi connectivity index (χ0) is 33.2. The molecule has 0 unspecified atom stereocenters. The molecule has 15 heteroatoms. The minimum absolute atomic E-state index is 0.111. The summed E-state index contributed by atoms with van der Waals surface area (Å²) in [4.78, 5) is 84.8. The first-order chi connectivity index (χ1) is 22.0. The molecule has 0 radical (unpaired) electrons. The number of fused-ring (bicyclic) bond motifs is 2. The molecule has 0 aromatic heterocycles. The van der Waals surface area contributed by atoms with Gasteiger partial charge in [0.1, 0.15) is 0 Å². The average molecular weight is 684 g/mol. The normalized spacial score (nSPS) is 27.9. The van der Waals surface area contributed by atoms with Crippen molar-refractivity contribution in [2.75, 3.05) is 18.1 Å². The van der Waals surface area contributed by atoms with E-state index in [4.69, 9.17) is 9.57 Å². The molecule has 5 fully saturated rings. The number of carbonyl (C=O) groups is 7. The molecule has 5 heterocycles. The Morgan fingerprint density at radius 3 is 1.78 bits per heavy atom. The fraction of sp³-hybridized carbons (Fsp3) is 0.774. The van der Waals surface area contributed by atoms with Crippen molar-refractivity contribution in [3.63, 3.8) is 0 Å². The number of ether oxygens (including phenoxy) is 2. The first-order valence-corrected chi connectivity index (χ1v) is 18.4. The van der Waals surface area contributed by atoms with Crippen LogP contribution in [0.2, 0.25) is 0 Å². The van der Waals surface area contributed by atoms with Gasteiger partial charge in [-0.1, -0.05) is 26.7 Å². The number of hydrogen-bond donors (Lipinski definition) is 2. The number of unbranched alkanes of at least 4 members (excludes halogenated alkanes) is 2. The van der Waals surface area contributed by atoms with E-state index >= 15 is 0 Å². The van der Waals surface area contributed by atoms with Crippen molar-refractivity contribution in [3.05, 3.63) is 0 Å². The van der Waals surface area contributed by atoms with E-state index in [1.165, 1.54) is 0 Å². The average Bonchev–Trinajstić information content (AvgIpc) is 3.80. The van der Waals surface area contributed by atoms with Crippen molar-refractivity contribution >= 4 is 65.2 Å². The molecule has 0 spiro atoms. The maximum atomic E-state index is 11.7. The van der Waals surface area contributed by atoms with Gasteiger partial charge in [-0.15, -0.1) is 5.06 Å². The van der Waals surface area contributed by atoms with Crippen LogP contribution >= 0.6 is 23.5 Å². The zero-order valence-corrected chi connectivity index (χ0v) is 28.1. The molecule has 4 amide bonds. The molecular formula is C31H45N3O10S2. The molecule has 0 aliphatic carbocycles. The van der Waals surface area contributed by atoms with Crippen LogP contribution in [0.5, 0.6) is 0 Å². The topological polar surface area (TPSA) is 174 Å². The number of thioether (sulfide) groups is 2. The Bertz CT molecular complexity index is 1150. The van der Waals surface area contributed by atoms with E-state index in [9.17, 15) is 33.6 Å². The Morgan fingerprint density at radius 1 is 0.783 bits per heavy atom. The van der Waals surface area contributed by atoms with E-state index < -0.39 is 29.9 Å². The maximum absolute atomic E-state index is 11.7. The number of carbonyl (C=O) groups excluding carboxylic acids is 7. The third-order valence-corrected chi connectivity index (χ3v) is 11.8. The molecular weight excluding hydrogens is 638 g/mol. The summed E-state index contributed by atoms with van der Waals surface area (Å²) in [5.41, 5.74) is 0. The van der Waals surface area contributed by atoms with Crippen molar-refractivity contribution in [3.8, 4) is 0 Å². The highest BCUT2D eigenvalue weighted by Crippen LogP contribution is 2.41. The van der Waals surface area contributed by atoms with Gasteiger partial charge in [0.05, 0.1) is 6.61 Å². The third kappa shape index (κ3) is 10.6. The van der Waals surface area contributed by atoms with Gasteiger partial charge in [0.2, 0.25) is 11.8 Å². The van der Waals surface area contributed by atoms with Crippen molar-refractivity contribution in [1.29, 1.82) is 0 Å². The van der Waals surface area contributed by atoms with Crippen LogP contribution in [0.3, 0.4) is 0 Å². The number of esters is 1. The van der Waals surface area contributed by atoms with Gasteiger partial charge in [-0.2, -0.15) is 23.5 Å². The lowest BCUT2D eigenvalue weighted by Crippen LogP contribution is -2.32. The molecule has 13 nitrogen and oxygen atoms in total. The summed E-state index contributed by atoms with van der Waals surface area (Å²) >= 11 is 3.80. The van der Waals surface area contributed by atoms with Crippen LogP contribution in [-0.4, -0.2) is 87.5 Å². The van der Waals surface area contributed by atoms with E-state index in [2.05, 4.69) is 15.4 Å². The second-order valence-electron chi connectivity index (χ2n) is 12.8. The van der Waals surface area contributed by atoms with Gasteiger partial charge in [-0.25, -0.2) is 9.59 Å². The number of hydrogen-bond acceptors (Lipinski definition) is 12. The fourth-order valence-electron chi connectivity index (χ4n) is 6.31. The predicted octanol–water partition coefficient (Wildman–Crippen LogP) is 3.28. The molecule has 2 N–H and O–H groups in total. The summed E-state index contributed by atoms with van der Waals surface area (Å²) in [6, 6.07) is 0.646.